The minimum atomic E-state index is -0.360. The Balaban J connectivity index is 1.31. The van der Waals surface area contributed by atoms with Gasteiger partial charge < -0.3 is 9.73 Å². The molecule has 4 rings (SSSR count). The number of nitrogens with zero attached hydrogens (tertiary/aromatic N) is 2. The predicted octanol–water partition coefficient (Wildman–Crippen LogP) is 3.48. The zero-order valence-corrected chi connectivity index (χ0v) is 17.4. The molecule has 0 aliphatic carbocycles. The molecule has 1 aliphatic rings. The second-order valence-electron chi connectivity index (χ2n) is 7.23. The van der Waals surface area contributed by atoms with Crippen LogP contribution in [0.1, 0.15) is 40.7 Å². The van der Waals surface area contributed by atoms with Gasteiger partial charge in [-0.1, -0.05) is 30.3 Å². The molecule has 1 aliphatic heterocycles. The number of hydrogen-bond donors (Lipinski definition) is 2. The molecule has 2 aromatic heterocycles. The van der Waals surface area contributed by atoms with Crippen LogP contribution in [0, 0.1) is 0 Å². The highest BCUT2D eigenvalue weighted by Crippen LogP contribution is 2.24. The number of nitrogens with one attached hydrogen (secondary N) is 2. The molecule has 1 atom stereocenters. The van der Waals surface area contributed by atoms with Crippen LogP contribution in [0.15, 0.2) is 58.5 Å². The number of amides is 2. The molecule has 1 unspecified atom stereocenters. The van der Waals surface area contributed by atoms with Gasteiger partial charge in [0, 0.05) is 11.9 Å². The van der Waals surface area contributed by atoms with Crippen molar-refractivity contribution in [2.45, 2.75) is 25.3 Å². The molecule has 3 aromatic rings. The maximum Gasteiger partial charge on any atom is 0.293 e. The summed E-state index contributed by atoms with van der Waals surface area (Å²) >= 11 is 1.29. The van der Waals surface area contributed by atoms with Crippen LogP contribution in [0.2, 0.25) is 0 Å². The van der Waals surface area contributed by atoms with E-state index in [4.69, 9.17) is 4.42 Å². The summed E-state index contributed by atoms with van der Waals surface area (Å²) in [5.41, 5.74) is 1.85. The Hall–Kier alpha value is -2.97. The summed E-state index contributed by atoms with van der Waals surface area (Å²) in [4.78, 5) is 31.3. The van der Waals surface area contributed by atoms with Crippen molar-refractivity contribution < 1.29 is 14.0 Å². The first-order valence-electron chi connectivity index (χ1n) is 10.0. The van der Waals surface area contributed by atoms with Gasteiger partial charge in [0.1, 0.15) is 0 Å². The fourth-order valence-electron chi connectivity index (χ4n) is 3.64. The summed E-state index contributed by atoms with van der Waals surface area (Å²) in [6, 6.07) is 13.7. The number of carbonyl (C=O) groups is 2. The number of rotatable bonds is 8. The number of hydrogen-bond acceptors (Lipinski definition) is 6. The Bertz CT molecular complexity index is 965. The van der Waals surface area contributed by atoms with Gasteiger partial charge >= 0.3 is 0 Å². The van der Waals surface area contributed by atoms with Crippen molar-refractivity contribution in [1.29, 1.82) is 0 Å². The van der Waals surface area contributed by atoms with Crippen LogP contribution in [0.3, 0.4) is 0 Å². The zero-order chi connectivity index (χ0) is 20.8. The van der Waals surface area contributed by atoms with Crippen LogP contribution in [0.5, 0.6) is 0 Å². The number of benzene rings is 1. The first kappa shape index (κ1) is 20.3. The van der Waals surface area contributed by atoms with Gasteiger partial charge in [0.15, 0.2) is 10.9 Å². The average Bonchev–Trinajstić information content (AvgIpc) is 3.52. The third-order valence-corrected chi connectivity index (χ3v) is 5.92. The van der Waals surface area contributed by atoms with E-state index >= 15 is 0 Å². The second-order valence-corrected chi connectivity index (χ2v) is 8.08. The molecule has 1 saturated heterocycles. The summed E-state index contributed by atoms with van der Waals surface area (Å²) in [6.07, 6.45) is 4.01. The Kier molecular flexibility index (Phi) is 6.56. The van der Waals surface area contributed by atoms with E-state index in [1.165, 1.54) is 36.0 Å². The summed E-state index contributed by atoms with van der Waals surface area (Å²) in [5.74, 6) is -0.218. The highest BCUT2D eigenvalue weighted by atomic mass is 32.1. The zero-order valence-electron chi connectivity index (χ0n) is 16.5. The largest absolute Gasteiger partial charge is 0.459 e. The van der Waals surface area contributed by atoms with Crippen LogP contribution in [0.4, 0.5) is 5.13 Å². The van der Waals surface area contributed by atoms with E-state index in [1.807, 2.05) is 18.2 Å². The SMILES string of the molecule is O=C(Cc1csc(NC(=O)c2ccco2)n1)NCC(c1ccccc1)N1CCCC1. The fraction of sp³-hybridized carbons (Fsp3) is 0.318. The Labute approximate surface area is 179 Å². The third-order valence-electron chi connectivity index (χ3n) is 5.12. The highest BCUT2D eigenvalue weighted by molar-refractivity contribution is 7.14. The van der Waals surface area contributed by atoms with Crippen molar-refractivity contribution in [2.24, 2.45) is 0 Å². The van der Waals surface area contributed by atoms with Gasteiger partial charge in [-0.05, 0) is 43.6 Å². The summed E-state index contributed by atoms with van der Waals surface area (Å²) in [5, 5.41) is 7.97. The van der Waals surface area contributed by atoms with Crippen LogP contribution in [-0.4, -0.2) is 41.3 Å². The number of thiazole rings is 1. The highest BCUT2D eigenvalue weighted by Gasteiger charge is 2.24. The fourth-order valence-corrected chi connectivity index (χ4v) is 4.34. The van der Waals surface area contributed by atoms with Crippen molar-refractivity contribution in [3.63, 3.8) is 0 Å². The van der Waals surface area contributed by atoms with Gasteiger partial charge in [-0.15, -0.1) is 11.3 Å². The summed E-state index contributed by atoms with van der Waals surface area (Å²) in [6.45, 7) is 2.68. The molecule has 0 radical (unpaired) electrons. The molecular weight excluding hydrogens is 400 g/mol. The first-order chi connectivity index (χ1) is 14.7. The number of furan rings is 1. The standard InChI is InChI=1S/C22H24N4O3S/c27-20(13-17-15-30-22(24-17)25-21(28)19-9-6-12-29-19)23-14-18(26-10-4-5-11-26)16-7-2-1-3-8-16/h1-3,6-9,12,15,18H,4-5,10-11,13-14H2,(H,23,27)(H,24,25,28). The van der Waals surface area contributed by atoms with E-state index in [9.17, 15) is 9.59 Å². The van der Waals surface area contributed by atoms with E-state index in [0.717, 1.165) is 13.1 Å². The van der Waals surface area contributed by atoms with Crippen LogP contribution < -0.4 is 10.6 Å². The molecule has 156 valence electrons. The quantitative estimate of drug-likeness (QED) is 0.578. The molecule has 1 aromatic carbocycles. The molecule has 8 heteroatoms. The lowest BCUT2D eigenvalue weighted by Gasteiger charge is -2.28. The van der Waals surface area contributed by atoms with Crippen molar-refractivity contribution in [2.75, 3.05) is 25.0 Å². The average molecular weight is 425 g/mol. The normalized spacial score (nSPS) is 15.1. The summed E-state index contributed by atoms with van der Waals surface area (Å²) < 4.78 is 5.07. The lowest BCUT2D eigenvalue weighted by Crippen LogP contribution is -2.37. The smallest absolute Gasteiger partial charge is 0.293 e. The molecule has 7 nitrogen and oxygen atoms in total. The molecule has 0 bridgehead atoms. The molecule has 0 saturated carbocycles. The number of anilines is 1. The molecule has 1 fully saturated rings. The minimum absolute atomic E-state index is 0.0793. The Morgan fingerprint density at radius 2 is 1.93 bits per heavy atom. The van der Waals surface area contributed by atoms with Gasteiger partial charge in [0.2, 0.25) is 5.91 Å². The van der Waals surface area contributed by atoms with Gasteiger partial charge in [0.25, 0.3) is 5.91 Å². The minimum Gasteiger partial charge on any atom is -0.459 e. The van der Waals surface area contributed by atoms with E-state index in [0.29, 0.717) is 17.4 Å². The predicted molar refractivity (Wildman–Crippen MR) is 115 cm³/mol. The molecule has 2 amide bonds. The van der Waals surface area contributed by atoms with Crippen molar-refractivity contribution in [3.8, 4) is 0 Å². The van der Waals surface area contributed by atoms with Crippen LogP contribution >= 0.6 is 11.3 Å². The topological polar surface area (TPSA) is 87.5 Å². The lowest BCUT2D eigenvalue weighted by atomic mass is 10.1. The van der Waals surface area contributed by atoms with Crippen LogP contribution in [-0.2, 0) is 11.2 Å². The molecule has 30 heavy (non-hydrogen) atoms. The lowest BCUT2D eigenvalue weighted by molar-refractivity contribution is -0.120. The maximum atomic E-state index is 12.5. The third kappa shape index (κ3) is 5.14. The first-order valence-corrected chi connectivity index (χ1v) is 10.9. The number of aromatic nitrogens is 1. The van der Waals surface area contributed by atoms with Crippen molar-refractivity contribution in [3.05, 3.63) is 71.1 Å². The van der Waals surface area contributed by atoms with Crippen molar-refractivity contribution in [1.82, 2.24) is 15.2 Å². The number of carbonyl (C=O) groups excluding carboxylic acids is 2. The van der Waals surface area contributed by atoms with E-state index in [2.05, 4.69) is 32.7 Å². The molecule has 2 N–H and O–H groups in total. The van der Waals surface area contributed by atoms with E-state index in [-0.39, 0.29) is 30.0 Å². The van der Waals surface area contributed by atoms with Crippen molar-refractivity contribution >= 4 is 28.3 Å². The van der Waals surface area contributed by atoms with E-state index < -0.39 is 0 Å². The van der Waals surface area contributed by atoms with Gasteiger partial charge in [0.05, 0.1) is 24.4 Å². The van der Waals surface area contributed by atoms with Crippen LogP contribution in [0.25, 0.3) is 0 Å². The molecule has 0 spiro atoms. The van der Waals surface area contributed by atoms with E-state index in [1.54, 1.807) is 17.5 Å². The van der Waals surface area contributed by atoms with Gasteiger partial charge in [-0.25, -0.2) is 4.98 Å². The molecule has 3 heterocycles. The van der Waals surface area contributed by atoms with Gasteiger partial charge in [-0.2, -0.15) is 0 Å². The monoisotopic (exact) mass is 424 g/mol. The summed E-state index contributed by atoms with van der Waals surface area (Å²) in [7, 11) is 0. The second kappa shape index (κ2) is 9.69. The Morgan fingerprint density at radius 1 is 1.13 bits per heavy atom. The number of likely N-dealkylation sites (tertiary alicyclic amines) is 1. The van der Waals surface area contributed by atoms with Gasteiger partial charge in [-0.3, -0.25) is 19.8 Å². The maximum absolute atomic E-state index is 12.5. The molecular formula is C22H24N4O3S. The Morgan fingerprint density at radius 3 is 2.67 bits per heavy atom.